The lowest BCUT2D eigenvalue weighted by molar-refractivity contribution is 0.0697. The summed E-state index contributed by atoms with van der Waals surface area (Å²) in [4.78, 5) is 23.6. The number of carbonyl (C=O) groups is 1. The Morgan fingerprint density at radius 3 is 2.65 bits per heavy atom. The highest BCUT2D eigenvalue weighted by Gasteiger charge is 2.27. The van der Waals surface area contributed by atoms with Gasteiger partial charge in [-0.15, -0.1) is 11.3 Å². The molecule has 0 saturated carbocycles. The van der Waals surface area contributed by atoms with Crippen LogP contribution < -0.4 is 4.90 Å². The number of rotatable bonds is 4. The first-order chi connectivity index (χ1) is 12.6. The summed E-state index contributed by atoms with van der Waals surface area (Å²) in [5, 5.41) is 11.7. The standard InChI is InChI=1S/C19H16ClN3O2S/c1-2-15-13-7-9-23(12-5-3-11(4-6-12)19(24)25)18(13)22-17(21-15)16-14(20)8-10-26-16/h3-6,8,10H,2,7,9H2,1H3,(H,24,25). The lowest BCUT2D eigenvalue weighted by Crippen LogP contribution is -2.15. The second-order valence-electron chi connectivity index (χ2n) is 6.00. The number of anilines is 2. The average Bonchev–Trinajstić information content (AvgIpc) is 3.27. The molecule has 0 unspecified atom stereocenters. The molecule has 3 heterocycles. The van der Waals surface area contributed by atoms with E-state index in [1.165, 1.54) is 11.3 Å². The molecule has 0 fully saturated rings. The van der Waals surface area contributed by atoms with E-state index in [2.05, 4.69) is 11.8 Å². The molecule has 2 aromatic heterocycles. The van der Waals surface area contributed by atoms with Crippen molar-refractivity contribution < 1.29 is 9.90 Å². The van der Waals surface area contributed by atoms with Gasteiger partial charge in [-0.3, -0.25) is 0 Å². The van der Waals surface area contributed by atoms with Gasteiger partial charge in [0.25, 0.3) is 0 Å². The quantitative estimate of drug-likeness (QED) is 0.697. The van der Waals surface area contributed by atoms with Crippen molar-refractivity contribution in [2.75, 3.05) is 11.4 Å². The fourth-order valence-electron chi connectivity index (χ4n) is 3.21. The Balaban J connectivity index is 1.80. The molecule has 0 aliphatic carbocycles. The third-order valence-electron chi connectivity index (χ3n) is 4.49. The smallest absolute Gasteiger partial charge is 0.335 e. The van der Waals surface area contributed by atoms with E-state index in [4.69, 9.17) is 26.7 Å². The summed E-state index contributed by atoms with van der Waals surface area (Å²) in [6.07, 6.45) is 1.70. The molecule has 3 aromatic rings. The number of halogens is 1. The number of hydrogen-bond donors (Lipinski definition) is 1. The largest absolute Gasteiger partial charge is 0.478 e. The molecule has 132 valence electrons. The summed E-state index contributed by atoms with van der Waals surface area (Å²) in [5.74, 6) is 0.609. The van der Waals surface area contributed by atoms with E-state index < -0.39 is 5.97 Å². The first-order valence-corrected chi connectivity index (χ1v) is 9.58. The van der Waals surface area contributed by atoms with E-state index in [-0.39, 0.29) is 5.56 Å². The lowest BCUT2D eigenvalue weighted by Gasteiger charge is -2.19. The van der Waals surface area contributed by atoms with Crippen molar-refractivity contribution in [1.82, 2.24) is 9.97 Å². The van der Waals surface area contributed by atoms with Crippen LogP contribution >= 0.6 is 22.9 Å². The number of fused-ring (bicyclic) bond motifs is 1. The maximum absolute atomic E-state index is 11.1. The van der Waals surface area contributed by atoms with Crippen molar-refractivity contribution in [3.05, 3.63) is 57.6 Å². The molecule has 4 rings (SSSR count). The van der Waals surface area contributed by atoms with Crippen molar-refractivity contribution in [1.29, 1.82) is 0 Å². The number of aryl methyl sites for hydroxylation is 1. The molecule has 0 bridgehead atoms. The first kappa shape index (κ1) is 17.0. The Kier molecular flexibility index (Phi) is 4.38. The van der Waals surface area contributed by atoms with Crippen LogP contribution in [0.3, 0.4) is 0 Å². The topological polar surface area (TPSA) is 66.3 Å². The van der Waals surface area contributed by atoms with E-state index in [1.807, 2.05) is 23.6 Å². The number of nitrogens with zero attached hydrogens (tertiary/aromatic N) is 3. The predicted octanol–water partition coefficient (Wildman–Crippen LogP) is 4.81. The summed E-state index contributed by atoms with van der Waals surface area (Å²) in [6, 6.07) is 8.74. The van der Waals surface area contributed by atoms with Crippen LogP contribution in [0.4, 0.5) is 11.5 Å². The Labute approximate surface area is 159 Å². The maximum Gasteiger partial charge on any atom is 0.335 e. The van der Waals surface area contributed by atoms with Gasteiger partial charge in [0, 0.05) is 23.5 Å². The van der Waals surface area contributed by atoms with E-state index >= 15 is 0 Å². The summed E-state index contributed by atoms with van der Waals surface area (Å²) >= 11 is 7.81. The van der Waals surface area contributed by atoms with Crippen molar-refractivity contribution in [2.45, 2.75) is 19.8 Å². The lowest BCUT2D eigenvalue weighted by atomic mass is 10.1. The minimum absolute atomic E-state index is 0.274. The molecule has 0 atom stereocenters. The summed E-state index contributed by atoms with van der Waals surface area (Å²) < 4.78 is 0. The highest BCUT2D eigenvalue weighted by atomic mass is 35.5. The summed E-state index contributed by atoms with van der Waals surface area (Å²) in [7, 11) is 0. The Morgan fingerprint density at radius 2 is 2.04 bits per heavy atom. The van der Waals surface area contributed by atoms with Crippen molar-refractivity contribution >= 4 is 40.4 Å². The SMILES string of the molecule is CCc1nc(-c2sccc2Cl)nc2c1CCN2c1ccc(C(=O)O)cc1. The second-order valence-corrected chi connectivity index (χ2v) is 7.32. The predicted molar refractivity (Wildman–Crippen MR) is 104 cm³/mol. The van der Waals surface area contributed by atoms with Crippen LogP contribution in [0.2, 0.25) is 5.02 Å². The molecule has 1 aliphatic heterocycles. The van der Waals surface area contributed by atoms with Crippen LogP contribution in [0.25, 0.3) is 10.7 Å². The Morgan fingerprint density at radius 1 is 1.27 bits per heavy atom. The third-order valence-corrected chi connectivity index (χ3v) is 5.83. The monoisotopic (exact) mass is 385 g/mol. The van der Waals surface area contributed by atoms with Crippen molar-refractivity contribution in [3.8, 4) is 10.7 Å². The van der Waals surface area contributed by atoms with Gasteiger partial charge in [0.2, 0.25) is 0 Å². The molecule has 0 spiro atoms. The van der Waals surface area contributed by atoms with Gasteiger partial charge in [-0.25, -0.2) is 14.8 Å². The molecule has 1 aromatic carbocycles. The van der Waals surface area contributed by atoms with Crippen LogP contribution in [0.1, 0.15) is 28.5 Å². The normalized spacial score (nSPS) is 13.1. The Hall–Kier alpha value is -2.44. The number of thiophene rings is 1. The van der Waals surface area contributed by atoms with Gasteiger partial charge < -0.3 is 10.0 Å². The van der Waals surface area contributed by atoms with E-state index in [0.29, 0.717) is 10.8 Å². The van der Waals surface area contributed by atoms with Gasteiger partial charge >= 0.3 is 5.97 Å². The molecule has 7 heteroatoms. The zero-order valence-corrected chi connectivity index (χ0v) is 15.6. The van der Waals surface area contributed by atoms with Gasteiger partial charge in [0.15, 0.2) is 5.82 Å². The minimum Gasteiger partial charge on any atom is -0.478 e. The van der Waals surface area contributed by atoms with E-state index in [0.717, 1.165) is 47.0 Å². The molecule has 1 N–H and O–H groups in total. The third kappa shape index (κ3) is 2.85. The van der Waals surface area contributed by atoms with Crippen molar-refractivity contribution in [2.24, 2.45) is 0 Å². The fourth-order valence-corrected chi connectivity index (χ4v) is 4.28. The number of carboxylic acids is 1. The second kappa shape index (κ2) is 6.70. The van der Waals surface area contributed by atoms with Gasteiger partial charge in [0.05, 0.1) is 15.5 Å². The zero-order valence-electron chi connectivity index (χ0n) is 14.1. The van der Waals surface area contributed by atoms with Gasteiger partial charge in [-0.05, 0) is 48.6 Å². The molecular weight excluding hydrogens is 370 g/mol. The highest BCUT2D eigenvalue weighted by Crippen LogP contribution is 2.38. The Bertz CT molecular complexity index is 985. The number of aromatic carboxylic acids is 1. The molecule has 26 heavy (non-hydrogen) atoms. The highest BCUT2D eigenvalue weighted by molar-refractivity contribution is 7.14. The number of carboxylic acid groups (broad SMARTS) is 1. The fraction of sp³-hybridized carbons (Fsp3) is 0.211. The minimum atomic E-state index is -0.927. The molecule has 0 radical (unpaired) electrons. The van der Waals surface area contributed by atoms with Crippen LogP contribution in [-0.2, 0) is 12.8 Å². The van der Waals surface area contributed by atoms with Crippen molar-refractivity contribution in [3.63, 3.8) is 0 Å². The molecular formula is C19H16ClN3O2S. The maximum atomic E-state index is 11.1. The molecule has 5 nitrogen and oxygen atoms in total. The summed E-state index contributed by atoms with van der Waals surface area (Å²) in [5.41, 5.74) is 3.40. The van der Waals surface area contributed by atoms with Gasteiger partial charge in [-0.2, -0.15) is 0 Å². The molecule has 0 saturated heterocycles. The van der Waals surface area contributed by atoms with Crippen LogP contribution in [0.15, 0.2) is 35.7 Å². The van der Waals surface area contributed by atoms with Gasteiger partial charge in [0.1, 0.15) is 5.82 Å². The first-order valence-electron chi connectivity index (χ1n) is 8.32. The number of hydrogen-bond acceptors (Lipinski definition) is 5. The molecule has 1 aliphatic rings. The molecule has 0 amide bonds. The average molecular weight is 386 g/mol. The van der Waals surface area contributed by atoms with E-state index in [9.17, 15) is 4.79 Å². The van der Waals surface area contributed by atoms with Gasteiger partial charge in [-0.1, -0.05) is 18.5 Å². The number of aromatic nitrogens is 2. The number of benzene rings is 1. The van der Waals surface area contributed by atoms with E-state index in [1.54, 1.807) is 12.1 Å². The van der Waals surface area contributed by atoms with Crippen LogP contribution in [0, 0.1) is 0 Å². The summed E-state index contributed by atoms with van der Waals surface area (Å²) in [6.45, 7) is 2.89. The zero-order chi connectivity index (χ0) is 18.3. The van der Waals surface area contributed by atoms with Crippen LogP contribution in [-0.4, -0.2) is 27.6 Å². The van der Waals surface area contributed by atoms with Crippen LogP contribution in [0.5, 0.6) is 0 Å².